The van der Waals surface area contributed by atoms with E-state index in [1.807, 2.05) is 0 Å². The number of hydrogen-bond donors (Lipinski definition) is 1. The standard InChI is InChI=1S/C9H10F3NS/c10-9(11,12)8-6(3-5-14-8)7-2-1-4-13-7/h3,5,7,13H,1-2,4H2/t7-/m0/s1. The van der Waals surface area contributed by atoms with Gasteiger partial charge in [0.05, 0.1) is 0 Å². The Kier molecular flexibility index (Phi) is 2.53. The van der Waals surface area contributed by atoms with Gasteiger partial charge < -0.3 is 5.32 Å². The van der Waals surface area contributed by atoms with Crippen LogP contribution in [0.2, 0.25) is 0 Å². The third kappa shape index (κ3) is 1.79. The van der Waals surface area contributed by atoms with Gasteiger partial charge >= 0.3 is 6.18 Å². The molecule has 2 heterocycles. The molecule has 0 saturated carbocycles. The van der Waals surface area contributed by atoms with Crippen molar-refractivity contribution >= 4 is 11.3 Å². The first-order valence-corrected chi connectivity index (χ1v) is 5.35. The van der Waals surface area contributed by atoms with Crippen LogP contribution in [-0.4, -0.2) is 6.54 Å². The molecule has 0 aromatic carbocycles. The summed E-state index contributed by atoms with van der Waals surface area (Å²) in [6, 6.07) is 1.48. The van der Waals surface area contributed by atoms with Crippen LogP contribution < -0.4 is 5.32 Å². The minimum atomic E-state index is -4.20. The van der Waals surface area contributed by atoms with Crippen LogP contribution >= 0.6 is 11.3 Å². The van der Waals surface area contributed by atoms with Gasteiger partial charge in [0.15, 0.2) is 0 Å². The number of rotatable bonds is 1. The van der Waals surface area contributed by atoms with E-state index in [-0.39, 0.29) is 6.04 Å². The van der Waals surface area contributed by atoms with Crippen molar-refractivity contribution in [2.75, 3.05) is 6.54 Å². The highest BCUT2D eigenvalue weighted by atomic mass is 32.1. The second-order valence-corrected chi connectivity index (χ2v) is 4.27. The number of alkyl halides is 3. The molecule has 1 aromatic heterocycles. The summed E-state index contributed by atoms with van der Waals surface area (Å²) >= 11 is 0.778. The van der Waals surface area contributed by atoms with Crippen molar-refractivity contribution < 1.29 is 13.2 Å². The quantitative estimate of drug-likeness (QED) is 0.768. The van der Waals surface area contributed by atoms with Crippen molar-refractivity contribution in [3.8, 4) is 0 Å². The van der Waals surface area contributed by atoms with Gasteiger partial charge in [-0.15, -0.1) is 11.3 Å². The van der Waals surface area contributed by atoms with Crippen molar-refractivity contribution in [2.24, 2.45) is 0 Å². The molecule has 1 fully saturated rings. The van der Waals surface area contributed by atoms with Gasteiger partial charge in [-0.25, -0.2) is 0 Å². The molecule has 78 valence electrons. The zero-order chi connectivity index (χ0) is 10.2. The summed E-state index contributed by atoms with van der Waals surface area (Å²) in [6.07, 6.45) is -2.44. The molecule has 5 heteroatoms. The van der Waals surface area contributed by atoms with Crippen LogP contribution in [0, 0.1) is 0 Å². The average Bonchev–Trinajstić information content (AvgIpc) is 2.73. The van der Waals surface area contributed by atoms with E-state index in [9.17, 15) is 13.2 Å². The molecule has 0 bridgehead atoms. The fraction of sp³-hybridized carbons (Fsp3) is 0.556. The maximum Gasteiger partial charge on any atom is 0.425 e. The third-order valence-corrected chi connectivity index (χ3v) is 3.36. The Morgan fingerprint density at radius 1 is 1.43 bits per heavy atom. The van der Waals surface area contributed by atoms with Gasteiger partial charge in [0.25, 0.3) is 0 Å². The van der Waals surface area contributed by atoms with Crippen molar-refractivity contribution in [2.45, 2.75) is 25.1 Å². The Hall–Kier alpha value is -0.550. The first kappa shape index (κ1) is 9.98. The number of thiophene rings is 1. The molecule has 2 rings (SSSR count). The molecule has 0 amide bonds. The van der Waals surface area contributed by atoms with Crippen molar-refractivity contribution in [3.05, 3.63) is 21.9 Å². The van der Waals surface area contributed by atoms with E-state index in [2.05, 4.69) is 5.32 Å². The first-order chi connectivity index (χ1) is 6.59. The first-order valence-electron chi connectivity index (χ1n) is 4.47. The Bertz CT molecular complexity index is 312. The van der Waals surface area contributed by atoms with E-state index in [1.165, 1.54) is 5.38 Å². The van der Waals surface area contributed by atoms with Crippen LogP contribution in [0.4, 0.5) is 13.2 Å². The predicted molar refractivity (Wildman–Crippen MR) is 49.3 cm³/mol. The lowest BCUT2D eigenvalue weighted by Gasteiger charge is -2.13. The smallest absolute Gasteiger partial charge is 0.310 e. The predicted octanol–water partition coefficient (Wildman–Crippen LogP) is 3.19. The van der Waals surface area contributed by atoms with Crippen LogP contribution in [0.15, 0.2) is 11.4 Å². The number of hydrogen-bond acceptors (Lipinski definition) is 2. The molecule has 1 aromatic rings. The monoisotopic (exact) mass is 221 g/mol. The van der Waals surface area contributed by atoms with Crippen LogP contribution in [-0.2, 0) is 6.18 Å². The summed E-state index contributed by atoms with van der Waals surface area (Å²) in [4.78, 5) is -0.447. The van der Waals surface area contributed by atoms with E-state index in [1.54, 1.807) is 6.07 Å². The van der Waals surface area contributed by atoms with Crippen molar-refractivity contribution in [3.63, 3.8) is 0 Å². The van der Waals surface area contributed by atoms with Crippen LogP contribution in [0.25, 0.3) is 0 Å². The molecular weight excluding hydrogens is 211 g/mol. The minimum absolute atomic E-state index is 0.0992. The molecule has 1 atom stereocenters. The second-order valence-electron chi connectivity index (χ2n) is 3.35. The molecule has 14 heavy (non-hydrogen) atoms. The van der Waals surface area contributed by atoms with Gasteiger partial charge in [0.1, 0.15) is 4.88 Å². The van der Waals surface area contributed by atoms with Crippen LogP contribution in [0.3, 0.4) is 0 Å². The molecule has 1 aliphatic heterocycles. The van der Waals surface area contributed by atoms with E-state index in [0.717, 1.165) is 30.7 Å². The maximum atomic E-state index is 12.5. The Morgan fingerprint density at radius 3 is 2.79 bits per heavy atom. The average molecular weight is 221 g/mol. The molecule has 1 N–H and O–H groups in total. The maximum absolute atomic E-state index is 12.5. The van der Waals surface area contributed by atoms with E-state index in [0.29, 0.717) is 5.56 Å². The summed E-state index contributed by atoms with van der Waals surface area (Å²) in [7, 11) is 0. The summed E-state index contributed by atoms with van der Waals surface area (Å²) in [6.45, 7) is 0.817. The Labute approximate surface area is 83.9 Å². The highest BCUT2D eigenvalue weighted by Crippen LogP contribution is 2.40. The van der Waals surface area contributed by atoms with E-state index in [4.69, 9.17) is 0 Å². The lowest BCUT2D eigenvalue weighted by atomic mass is 10.1. The highest BCUT2D eigenvalue weighted by molar-refractivity contribution is 7.10. The molecule has 1 aliphatic rings. The Morgan fingerprint density at radius 2 is 2.21 bits per heavy atom. The van der Waals surface area contributed by atoms with E-state index >= 15 is 0 Å². The fourth-order valence-electron chi connectivity index (χ4n) is 1.77. The number of nitrogens with one attached hydrogen (secondary N) is 1. The molecule has 0 aliphatic carbocycles. The SMILES string of the molecule is FC(F)(F)c1sccc1[C@@H]1CCCN1. The zero-order valence-corrected chi connectivity index (χ0v) is 8.21. The van der Waals surface area contributed by atoms with Gasteiger partial charge in [-0.3, -0.25) is 0 Å². The molecule has 1 nitrogen and oxygen atoms in total. The van der Waals surface area contributed by atoms with Crippen LogP contribution in [0.1, 0.15) is 29.3 Å². The van der Waals surface area contributed by atoms with Gasteiger partial charge in [-0.2, -0.15) is 13.2 Å². The van der Waals surface area contributed by atoms with E-state index < -0.39 is 11.1 Å². The summed E-state index contributed by atoms with van der Waals surface area (Å²) < 4.78 is 37.6. The number of halogens is 3. The van der Waals surface area contributed by atoms with Crippen LogP contribution in [0.5, 0.6) is 0 Å². The topological polar surface area (TPSA) is 12.0 Å². The van der Waals surface area contributed by atoms with Crippen molar-refractivity contribution in [1.29, 1.82) is 0 Å². The molecule has 0 spiro atoms. The third-order valence-electron chi connectivity index (χ3n) is 2.39. The van der Waals surface area contributed by atoms with Gasteiger partial charge in [-0.05, 0) is 36.4 Å². The molecule has 0 unspecified atom stereocenters. The highest BCUT2D eigenvalue weighted by Gasteiger charge is 2.37. The normalized spacial score (nSPS) is 22.9. The minimum Gasteiger partial charge on any atom is -0.310 e. The van der Waals surface area contributed by atoms with Gasteiger partial charge in [0.2, 0.25) is 0 Å². The largest absolute Gasteiger partial charge is 0.425 e. The molecule has 1 saturated heterocycles. The zero-order valence-electron chi connectivity index (χ0n) is 7.40. The molecular formula is C9H10F3NS. The summed E-state index contributed by atoms with van der Waals surface area (Å²) in [5.74, 6) is 0. The van der Waals surface area contributed by atoms with Crippen molar-refractivity contribution in [1.82, 2.24) is 5.32 Å². The second kappa shape index (κ2) is 3.55. The Balaban J connectivity index is 2.29. The lowest BCUT2D eigenvalue weighted by molar-refractivity contribution is -0.135. The lowest BCUT2D eigenvalue weighted by Crippen LogP contribution is -2.16. The molecule has 0 radical (unpaired) electrons. The van der Waals surface area contributed by atoms with Gasteiger partial charge in [-0.1, -0.05) is 0 Å². The van der Waals surface area contributed by atoms with Gasteiger partial charge in [0, 0.05) is 6.04 Å². The fourth-order valence-corrected chi connectivity index (χ4v) is 2.60. The summed E-state index contributed by atoms with van der Waals surface area (Å²) in [5, 5.41) is 4.59. The summed E-state index contributed by atoms with van der Waals surface area (Å²) in [5.41, 5.74) is 0.417.